The first-order valence-corrected chi connectivity index (χ1v) is 6.19. The third kappa shape index (κ3) is 5.00. The molecule has 0 bridgehead atoms. The first-order valence-electron chi connectivity index (χ1n) is 6.19. The standard InChI is InChI=1S/C14H22N2O/c1-4-16-14(17)10-15-9-12-5-7-13(8-6-12)11(2)3/h5-8,11,15H,4,9-10H2,1-3H3,(H,16,17). The highest BCUT2D eigenvalue weighted by Gasteiger charge is 2.00. The summed E-state index contributed by atoms with van der Waals surface area (Å²) >= 11 is 0. The maximum atomic E-state index is 11.2. The van der Waals surface area contributed by atoms with E-state index in [0.717, 1.165) is 6.54 Å². The molecule has 3 heteroatoms. The summed E-state index contributed by atoms with van der Waals surface area (Å²) in [5.41, 5.74) is 2.55. The first-order chi connectivity index (χ1) is 8.13. The van der Waals surface area contributed by atoms with E-state index in [4.69, 9.17) is 0 Å². The van der Waals surface area contributed by atoms with Crippen LogP contribution in [0.4, 0.5) is 0 Å². The highest BCUT2D eigenvalue weighted by Crippen LogP contribution is 2.14. The molecule has 94 valence electrons. The second-order valence-electron chi connectivity index (χ2n) is 4.45. The quantitative estimate of drug-likeness (QED) is 0.791. The van der Waals surface area contributed by atoms with Crippen LogP contribution in [0.15, 0.2) is 24.3 Å². The summed E-state index contributed by atoms with van der Waals surface area (Å²) in [6.45, 7) is 8.08. The topological polar surface area (TPSA) is 41.1 Å². The second kappa shape index (κ2) is 7.07. The average Bonchev–Trinajstić information content (AvgIpc) is 2.30. The van der Waals surface area contributed by atoms with Crippen LogP contribution in [-0.2, 0) is 11.3 Å². The van der Waals surface area contributed by atoms with E-state index in [-0.39, 0.29) is 5.91 Å². The Morgan fingerprint density at radius 1 is 1.24 bits per heavy atom. The molecular weight excluding hydrogens is 212 g/mol. The highest BCUT2D eigenvalue weighted by molar-refractivity contribution is 5.77. The Morgan fingerprint density at radius 2 is 1.88 bits per heavy atom. The monoisotopic (exact) mass is 234 g/mol. The number of amides is 1. The van der Waals surface area contributed by atoms with Crippen molar-refractivity contribution in [1.82, 2.24) is 10.6 Å². The van der Waals surface area contributed by atoms with E-state index in [9.17, 15) is 4.79 Å². The number of hydrogen-bond donors (Lipinski definition) is 2. The third-order valence-corrected chi connectivity index (χ3v) is 2.64. The van der Waals surface area contributed by atoms with E-state index in [1.54, 1.807) is 0 Å². The summed E-state index contributed by atoms with van der Waals surface area (Å²) in [4.78, 5) is 11.2. The fourth-order valence-corrected chi connectivity index (χ4v) is 1.60. The van der Waals surface area contributed by atoms with Crippen LogP contribution in [0.25, 0.3) is 0 Å². The zero-order chi connectivity index (χ0) is 12.7. The third-order valence-electron chi connectivity index (χ3n) is 2.64. The summed E-state index contributed by atoms with van der Waals surface area (Å²) in [6, 6.07) is 8.52. The SMILES string of the molecule is CCNC(=O)CNCc1ccc(C(C)C)cc1. The fraction of sp³-hybridized carbons (Fsp3) is 0.500. The van der Waals surface area contributed by atoms with Gasteiger partial charge in [0.15, 0.2) is 0 Å². The van der Waals surface area contributed by atoms with E-state index in [0.29, 0.717) is 19.0 Å². The van der Waals surface area contributed by atoms with Gasteiger partial charge in [0.2, 0.25) is 5.91 Å². The van der Waals surface area contributed by atoms with E-state index in [1.165, 1.54) is 11.1 Å². The Hall–Kier alpha value is -1.35. The Kier molecular flexibility index (Phi) is 5.70. The van der Waals surface area contributed by atoms with Gasteiger partial charge >= 0.3 is 0 Å². The molecular formula is C14H22N2O. The van der Waals surface area contributed by atoms with Gasteiger partial charge in [-0.05, 0) is 24.0 Å². The van der Waals surface area contributed by atoms with Crippen LogP contribution in [0, 0.1) is 0 Å². The van der Waals surface area contributed by atoms with Gasteiger partial charge in [0.05, 0.1) is 6.54 Å². The maximum Gasteiger partial charge on any atom is 0.233 e. The molecule has 17 heavy (non-hydrogen) atoms. The normalized spacial score (nSPS) is 10.6. The van der Waals surface area contributed by atoms with Crippen LogP contribution in [-0.4, -0.2) is 19.0 Å². The Bertz CT molecular complexity index is 344. The molecule has 3 nitrogen and oxygen atoms in total. The molecule has 0 saturated heterocycles. The summed E-state index contributed by atoms with van der Waals surface area (Å²) in [5, 5.41) is 5.88. The highest BCUT2D eigenvalue weighted by atomic mass is 16.1. The van der Waals surface area contributed by atoms with E-state index >= 15 is 0 Å². The molecule has 1 rings (SSSR count). The van der Waals surface area contributed by atoms with Gasteiger partial charge in [-0.2, -0.15) is 0 Å². The number of nitrogens with one attached hydrogen (secondary N) is 2. The van der Waals surface area contributed by atoms with Gasteiger partial charge in [-0.3, -0.25) is 4.79 Å². The van der Waals surface area contributed by atoms with Gasteiger partial charge in [-0.25, -0.2) is 0 Å². The Morgan fingerprint density at radius 3 is 2.41 bits per heavy atom. The lowest BCUT2D eigenvalue weighted by Crippen LogP contribution is -2.33. The number of benzene rings is 1. The van der Waals surface area contributed by atoms with Crippen molar-refractivity contribution < 1.29 is 4.79 Å². The van der Waals surface area contributed by atoms with Crippen molar-refractivity contribution in [2.75, 3.05) is 13.1 Å². The molecule has 1 aromatic carbocycles. The summed E-state index contributed by atoms with van der Waals surface area (Å²) < 4.78 is 0. The van der Waals surface area contributed by atoms with Gasteiger partial charge < -0.3 is 10.6 Å². The molecule has 0 aliphatic carbocycles. The summed E-state index contributed by atoms with van der Waals surface area (Å²) in [7, 11) is 0. The first kappa shape index (κ1) is 13.7. The van der Waals surface area contributed by atoms with Crippen molar-refractivity contribution in [1.29, 1.82) is 0 Å². The maximum absolute atomic E-state index is 11.2. The minimum absolute atomic E-state index is 0.0475. The zero-order valence-electron chi connectivity index (χ0n) is 10.9. The lowest BCUT2D eigenvalue weighted by atomic mass is 10.0. The summed E-state index contributed by atoms with van der Waals surface area (Å²) in [6.07, 6.45) is 0. The largest absolute Gasteiger partial charge is 0.355 e. The van der Waals surface area contributed by atoms with Gasteiger partial charge in [-0.1, -0.05) is 38.1 Å². The van der Waals surface area contributed by atoms with Gasteiger partial charge in [-0.15, -0.1) is 0 Å². The van der Waals surface area contributed by atoms with Crippen molar-refractivity contribution in [3.63, 3.8) is 0 Å². The fourth-order valence-electron chi connectivity index (χ4n) is 1.60. The van der Waals surface area contributed by atoms with Crippen LogP contribution in [0.3, 0.4) is 0 Å². The van der Waals surface area contributed by atoms with E-state index in [1.807, 2.05) is 6.92 Å². The minimum atomic E-state index is 0.0475. The van der Waals surface area contributed by atoms with Gasteiger partial charge in [0, 0.05) is 13.1 Å². The van der Waals surface area contributed by atoms with Crippen LogP contribution in [0.1, 0.15) is 37.8 Å². The number of carbonyl (C=O) groups excluding carboxylic acids is 1. The second-order valence-corrected chi connectivity index (χ2v) is 4.45. The molecule has 0 fully saturated rings. The van der Waals surface area contributed by atoms with Crippen molar-refractivity contribution in [3.05, 3.63) is 35.4 Å². The molecule has 0 aromatic heterocycles. The van der Waals surface area contributed by atoms with Crippen LogP contribution in [0.2, 0.25) is 0 Å². The van der Waals surface area contributed by atoms with E-state index < -0.39 is 0 Å². The molecule has 0 unspecified atom stereocenters. The number of carbonyl (C=O) groups is 1. The Labute approximate surface area is 104 Å². The van der Waals surface area contributed by atoms with Crippen molar-refractivity contribution >= 4 is 5.91 Å². The van der Waals surface area contributed by atoms with Gasteiger partial charge in [0.25, 0.3) is 0 Å². The molecule has 0 atom stereocenters. The van der Waals surface area contributed by atoms with Crippen LogP contribution >= 0.6 is 0 Å². The van der Waals surface area contributed by atoms with Gasteiger partial charge in [0.1, 0.15) is 0 Å². The van der Waals surface area contributed by atoms with E-state index in [2.05, 4.69) is 48.7 Å². The molecule has 1 amide bonds. The predicted octanol–water partition coefficient (Wildman–Crippen LogP) is 2.04. The smallest absolute Gasteiger partial charge is 0.233 e. The lowest BCUT2D eigenvalue weighted by molar-refractivity contribution is -0.120. The number of likely N-dealkylation sites (N-methyl/N-ethyl adjacent to an activating group) is 1. The molecule has 2 N–H and O–H groups in total. The molecule has 1 aromatic rings. The number of rotatable bonds is 6. The average molecular weight is 234 g/mol. The molecule has 0 heterocycles. The summed E-state index contributed by atoms with van der Waals surface area (Å²) in [5.74, 6) is 0.610. The minimum Gasteiger partial charge on any atom is -0.355 e. The Balaban J connectivity index is 2.35. The molecule has 0 aliphatic rings. The molecule has 0 aliphatic heterocycles. The molecule has 0 saturated carbocycles. The molecule has 0 radical (unpaired) electrons. The number of hydrogen-bond acceptors (Lipinski definition) is 2. The zero-order valence-corrected chi connectivity index (χ0v) is 10.9. The van der Waals surface area contributed by atoms with Crippen molar-refractivity contribution in [3.8, 4) is 0 Å². The predicted molar refractivity (Wildman–Crippen MR) is 70.9 cm³/mol. The van der Waals surface area contributed by atoms with Crippen molar-refractivity contribution in [2.24, 2.45) is 0 Å². The van der Waals surface area contributed by atoms with Crippen LogP contribution in [0.5, 0.6) is 0 Å². The molecule has 0 spiro atoms. The lowest BCUT2D eigenvalue weighted by Gasteiger charge is -2.08. The van der Waals surface area contributed by atoms with Crippen molar-refractivity contribution in [2.45, 2.75) is 33.2 Å². The van der Waals surface area contributed by atoms with Crippen LogP contribution < -0.4 is 10.6 Å².